The molecule has 0 aliphatic rings. The van der Waals surface area contributed by atoms with Gasteiger partial charge in [0.25, 0.3) is 0 Å². The highest BCUT2D eigenvalue weighted by Gasteiger charge is 2.12. The molecule has 21 heavy (non-hydrogen) atoms. The lowest BCUT2D eigenvalue weighted by molar-refractivity contribution is 0.212. The van der Waals surface area contributed by atoms with Crippen molar-refractivity contribution < 1.29 is 4.79 Å². The number of nitrogens with two attached hydrogens (primary N) is 1. The van der Waals surface area contributed by atoms with Gasteiger partial charge >= 0.3 is 6.03 Å². The Morgan fingerprint density at radius 3 is 2.62 bits per heavy atom. The van der Waals surface area contributed by atoms with Crippen LogP contribution in [0, 0.1) is 6.92 Å². The van der Waals surface area contributed by atoms with E-state index in [1.165, 1.54) is 0 Å². The summed E-state index contributed by atoms with van der Waals surface area (Å²) in [6.45, 7) is 5.13. The molecular formula is C17H21N3O. The van der Waals surface area contributed by atoms with Gasteiger partial charge in [0.15, 0.2) is 0 Å². The molecule has 2 amide bonds. The van der Waals surface area contributed by atoms with Gasteiger partial charge in [-0.3, -0.25) is 0 Å². The lowest BCUT2D eigenvalue weighted by Crippen LogP contribution is -2.34. The largest absolute Gasteiger partial charge is 0.399 e. The summed E-state index contributed by atoms with van der Waals surface area (Å²) in [5, 5.41) is 2.92. The topological polar surface area (TPSA) is 58.4 Å². The Kier molecular flexibility index (Phi) is 4.82. The monoisotopic (exact) mass is 283 g/mol. The molecule has 0 spiro atoms. The fourth-order valence-corrected chi connectivity index (χ4v) is 2.16. The first kappa shape index (κ1) is 14.9. The predicted octanol–water partition coefficient (Wildman–Crippen LogP) is 3.63. The maximum atomic E-state index is 12.3. The van der Waals surface area contributed by atoms with E-state index in [1.54, 1.807) is 4.90 Å². The number of rotatable bonds is 4. The summed E-state index contributed by atoms with van der Waals surface area (Å²) in [4.78, 5) is 14.1. The van der Waals surface area contributed by atoms with Crippen LogP contribution in [0.15, 0.2) is 48.5 Å². The third-order valence-electron chi connectivity index (χ3n) is 3.26. The van der Waals surface area contributed by atoms with E-state index in [2.05, 4.69) is 5.32 Å². The van der Waals surface area contributed by atoms with Crippen LogP contribution in [-0.4, -0.2) is 17.5 Å². The van der Waals surface area contributed by atoms with Crippen molar-refractivity contribution in [2.24, 2.45) is 0 Å². The van der Waals surface area contributed by atoms with Crippen molar-refractivity contribution in [3.8, 4) is 0 Å². The number of carbonyl (C=O) groups is 1. The van der Waals surface area contributed by atoms with Gasteiger partial charge in [0.05, 0.1) is 0 Å². The molecule has 2 rings (SSSR count). The van der Waals surface area contributed by atoms with Crippen molar-refractivity contribution >= 4 is 17.4 Å². The summed E-state index contributed by atoms with van der Waals surface area (Å²) in [6.07, 6.45) is 0. The zero-order chi connectivity index (χ0) is 15.2. The van der Waals surface area contributed by atoms with Crippen LogP contribution < -0.4 is 11.1 Å². The third-order valence-corrected chi connectivity index (χ3v) is 3.26. The van der Waals surface area contributed by atoms with Crippen LogP contribution in [0.2, 0.25) is 0 Å². The Morgan fingerprint density at radius 1 is 1.19 bits per heavy atom. The minimum Gasteiger partial charge on any atom is -0.399 e. The highest BCUT2D eigenvalue weighted by atomic mass is 16.2. The fraction of sp³-hybridized carbons (Fsp3) is 0.235. The normalized spacial score (nSPS) is 10.2. The molecule has 2 aromatic carbocycles. The average Bonchev–Trinajstić information content (AvgIpc) is 2.44. The number of hydrogen-bond acceptors (Lipinski definition) is 2. The van der Waals surface area contributed by atoms with Crippen molar-refractivity contribution in [2.45, 2.75) is 20.4 Å². The van der Waals surface area contributed by atoms with Gasteiger partial charge in [0, 0.05) is 24.5 Å². The second-order valence-electron chi connectivity index (χ2n) is 5.06. The number of urea groups is 1. The number of hydrogen-bond donors (Lipinski definition) is 2. The smallest absolute Gasteiger partial charge is 0.322 e. The highest BCUT2D eigenvalue weighted by molar-refractivity contribution is 5.89. The zero-order valence-electron chi connectivity index (χ0n) is 12.5. The van der Waals surface area contributed by atoms with Gasteiger partial charge in [-0.15, -0.1) is 0 Å². The maximum absolute atomic E-state index is 12.3. The second kappa shape index (κ2) is 6.79. The number of amides is 2. The molecule has 0 aliphatic carbocycles. The molecule has 0 atom stereocenters. The molecule has 110 valence electrons. The summed E-state index contributed by atoms with van der Waals surface area (Å²) >= 11 is 0. The molecule has 4 heteroatoms. The van der Waals surface area contributed by atoms with Crippen molar-refractivity contribution in [1.29, 1.82) is 0 Å². The molecule has 0 aliphatic heterocycles. The van der Waals surface area contributed by atoms with E-state index in [1.807, 2.05) is 62.4 Å². The summed E-state index contributed by atoms with van der Waals surface area (Å²) in [5.74, 6) is 0. The average molecular weight is 283 g/mol. The first-order valence-electron chi connectivity index (χ1n) is 7.05. The SMILES string of the molecule is CCN(Cc1cccc(N)c1)C(=O)Nc1cccc(C)c1. The summed E-state index contributed by atoms with van der Waals surface area (Å²) < 4.78 is 0. The first-order chi connectivity index (χ1) is 10.1. The van der Waals surface area contributed by atoms with E-state index in [0.29, 0.717) is 18.8 Å². The molecule has 0 fully saturated rings. The van der Waals surface area contributed by atoms with Crippen LogP contribution in [0.5, 0.6) is 0 Å². The van der Waals surface area contributed by atoms with E-state index in [9.17, 15) is 4.79 Å². The second-order valence-corrected chi connectivity index (χ2v) is 5.06. The van der Waals surface area contributed by atoms with Gasteiger partial charge in [-0.2, -0.15) is 0 Å². The Hall–Kier alpha value is -2.49. The molecule has 0 unspecified atom stereocenters. The lowest BCUT2D eigenvalue weighted by Gasteiger charge is -2.21. The Labute approximate surface area is 125 Å². The summed E-state index contributed by atoms with van der Waals surface area (Å²) in [5.41, 5.74) is 9.44. The maximum Gasteiger partial charge on any atom is 0.322 e. The number of nitrogens with one attached hydrogen (secondary N) is 1. The molecule has 0 heterocycles. The molecular weight excluding hydrogens is 262 g/mol. The molecule has 0 saturated carbocycles. The molecule has 3 N–H and O–H groups in total. The van der Waals surface area contributed by atoms with E-state index < -0.39 is 0 Å². The minimum atomic E-state index is -0.106. The van der Waals surface area contributed by atoms with Crippen LogP contribution in [0.25, 0.3) is 0 Å². The number of carbonyl (C=O) groups excluding carboxylic acids is 1. The van der Waals surface area contributed by atoms with Crippen molar-refractivity contribution in [2.75, 3.05) is 17.6 Å². The van der Waals surface area contributed by atoms with Gasteiger partial charge in [0.2, 0.25) is 0 Å². The number of benzene rings is 2. The number of nitrogen functional groups attached to an aromatic ring is 1. The van der Waals surface area contributed by atoms with Gasteiger partial charge in [-0.05, 0) is 49.2 Å². The van der Waals surface area contributed by atoms with Crippen LogP contribution in [0.4, 0.5) is 16.2 Å². The highest BCUT2D eigenvalue weighted by Crippen LogP contribution is 2.13. The first-order valence-corrected chi connectivity index (χ1v) is 7.05. The zero-order valence-corrected chi connectivity index (χ0v) is 12.5. The van der Waals surface area contributed by atoms with Gasteiger partial charge in [-0.25, -0.2) is 4.79 Å². The van der Waals surface area contributed by atoms with Gasteiger partial charge in [-0.1, -0.05) is 24.3 Å². The van der Waals surface area contributed by atoms with Crippen LogP contribution in [0.3, 0.4) is 0 Å². The van der Waals surface area contributed by atoms with Crippen LogP contribution in [0.1, 0.15) is 18.1 Å². The van der Waals surface area contributed by atoms with Crippen LogP contribution >= 0.6 is 0 Å². The van der Waals surface area contributed by atoms with Crippen molar-refractivity contribution in [3.05, 3.63) is 59.7 Å². The Morgan fingerprint density at radius 2 is 1.95 bits per heavy atom. The van der Waals surface area contributed by atoms with Gasteiger partial charge < -0.3 is 16.0 Å². The molecule has 0 bridgehead atoms. The van der Waals surface area contributed by atoms with Crippen LogP contribution in [-0.2, 0) is 6.54 Å². The standard InChI is InChI=1S/C17H21N3O/c1-3-20(12-14-7-5-8-15(18)11-14)17(21)19-16-9-4-6-13(2)10-16/h4-11H,3,12,18H2,1-2H3,(H,19,21). The van der Waals surface area contributed by atoms with E-state index in [0.717, 1.165) is 16.8 Å². The number of anilines is 2. The predicted molar refractivity (Wildman–Crippen MR) is 87.1 cm³/mol. The number of aryl methyl sites for hydroxylation is 1. The molecule has 0 aromatic heterocycles. The lowest BCUT2D eigenvalue weighted by atomic mass is 10.2. The van der Waals surface area contributed by atoms with E-state index in [4.69, 9.17) is 5.73 Å². The molecule has 0 saturated heterocycles. The molecule has 4 nitrogen and oxygen atoms in total. The summed E-state index contributed by atoms with van der Waals surface area (Å²) in [6, 6.07) is 15.3. The summed E-state index contributed by atoms with van der Waals surface area (Å²) in [7, 11) is 0. The Bertz CT molecular complexity index is 625. The van der Waals surface area contributed by atoms with Gasteiger partial charge in [0.1, 0.15) is 0 Å². The molecule has 2 aromatic rings. The van der Waals surface area contributed by atoms with Crippen molar-refractivity contribution in [1.82, 2.24) is 4.90 Å². The Balaban J connectivity index is 2.05. The minimum absolute atomic E-state index is 0.106. The molecule has 0 radical (unpaired) electrons. The van der Waals surface area contributed by atoms with Crippen molar-refractivity contribution in [3.63, 3.8) is 0 Å². The number of nitrogens with zero attached hydrogens (tertiary/aromatic N) is 1. The quantitative estimate of drug-likeness (QED) is 0.842. The fourth-order valence-electron chi connectivity index (χ4n) is 2.16. The van der Waals surface area contributed by atoms with E-state index >= 15 is 0 Å². The van der Waals surface area contributed by atoms with E-state index in [-0.39, 0.29) is 6.03 Å². The third kappa shape index (κ3) is 4.24.